The highest BCUT2D eigenvalue weighted by atomic mass is 32.2. The zero-order valence-corrected chi connectivity index (χ0v) is 14.2. The molecule has 0 saturated carbocycles. The Morgan fingerprint density at radius 1 is 1.52 bits per heavy atom. The molecule has 0 unspecified atom stereocenters. The molecule has 0 saturated heterocycles. The number of aryl methyl sites for hydroxylation is 1. The smallest absolute Gasteiger partial charge is 0.338 e. The van der Waals surface area contributed by atoms with E-state index in [2.05, 4.69) is 11.6 Å². The summed E-state index contributed by atoms with van der Waals surface area (Å²) in [6.07, 6.45) is 0. The van der Waals surface area contributed by atoms with Gasteiger partial charge in [-0.15, -0.1) is 11.3 Å². The van der Waals surface area contributed by atoms with Crippen LogP contribution < -0.4 is 0 Å². The van der Waals surface area contributed by atoms with Gasteiger partial charge in [0.1, 0.15) is 6.61 Å². The zero-order valence-electron chi connectivity index (χ0n) is 12.6. The average Bonchev–Trinajstić information content (AvgIpc) is 2.90. The van der Waals surface area contributed by atoms with E-state index in [0.717, 1.165) is 5.69 Å². The van der Waals surface area contributed by atoms with E-state index in [0.29, 0.717) is 14.8 Å². The number of ether oxygens (including phenoxy) is 1. The monoisotopic (exact) mass is 350 g/mol. The van der Waals surface area contributed by atoms with E-state index in [-0.39, 0.29) is 17.9 Å². The number of nitro benzene ring substituents is 1. The fourth-order valence-electron chi connectivity index (χ4n) is 1.62. The van der Waals surface area contributed by atoms with Crippen LogP contribution in [0.4, 0.5) is 5.69 Å². The van der Waals surface area contributed by atoms with E-state index in [1.54, 1.807) is 6.92 Å². The lowest BCUT2D eigenvalue weighted by atomic mass is 10.2. The number of hydrogen-bond acceptors (Lipinski definition) is 7. The van der Waals surface area contributed by atoms with Gasteiger partial charge in [-0.25, -0.2) is 9.78 Å². The highest BCUT2D eigenvalue weighted by Crippen LogP contribution is 2.36. The normalized spacial score (nSPS) is 10.3. The number of nitro groups is 1. The lowest BCUT2D eigenvalue weighted by Gasteiger charge is -2.06. The Labute approximate surface area is 141 Å². The van der Waals surface area contributed by atoms with Crippen molar-refractivity contribution in [2.24, 2.45) is 0 Å². The van der Waals surface area contributed by atoms with Crippen LogP contribution in [0.1, 0.15) is 23.0 Å². The first-order valence-electron chi connectivity index (χ1n) is 6.56. The molecule has 0 spiro atoms. The van der Waals surface area contributed by atoms with Crippen molar-refractivity contribution in [2.75, 3.05) is 6.61 Å². The minimum absolute atomic E-state index is 0.0848. The molecular weight excluding hydrogens is 336 g/mol. The molecule has 0 fully saturated rings. The summed E-state index contributed by atoms with van der Waals surface area (Å²) < 4.78 is 5.72. The fraction of sp³-hybridized carbons (Fsp3) is 0.200. The molecule has 1 aromatic heterocycles. The molecule has 0 aliphatic rings. The van der Waals surface area contributed by atoms with Gasteiger partial charge in [0.15, 0.2) is 4.34 Å². The van der Waals surface area contributed by atoms with Crippen LogP contribution in [0.25, 0.3) is 0 Å². The molecule has 0 amide bonds. The van der Waals surface area contributed by atoms with Crippen LogP contribution in [-0.4, -0.2) is 22.5 Å². The Balaban J connectivity index is 2.25. The lowest BCUT2D eigenvalue weighted by molar-refractivity contribution is -0.387. The summed E-state index contributed by atoms with van der Waals surface area (Å²) in [4.78, 5) is 27.3. The van der Waals surface area contributed by atoms with Gasteiger partial charge in [0.05, 0.1) is 15.4 Å². The van der Waals surface area contributed by atoms with Gasteiger partial charge in [0, 0.05) is 17.1 Å². The molecule has 2 aromatic rings. The van der Waals surface area contributed by atoms with Crippen LogP contribution in [0.5, 0.6) is 0 Å². The van der Waals surface area contributed by atoms with E-state index in [9.17, 15) is 14.9 Å². The second-order valence-electron chi connectivity index (χ2n) is 4.83. The third-order valence-electron chi connectivity index (χ3n) is 2.64. The maximum Gasteiger partial charge on any atom is 0.338 e. The molecule has 0 radical (unpaired) electrons. The van der Waals surface area contributed by atoms with Crippen molar-refractivity contribution in [3.8, 4) is 0 Å². The lowest BCUT2D eigenvalue weighted by Crippen LogP contribution is -2.07. The van der Waals surface area contributed by atoms with Crippen LogP contribution in [0, 0.1) is 17.0 Å². The highest BCUT2D eigenvalue weighted by Gasteiger charge is 2.20. The van der Waals surface area contributed by atoms with Gasteiger partial charge < -0.3 is 4.74 Å². The van der Waals surface area contributed by atoms with Crippen molar-refractivity contribution in [3.05, 3.63) is 57.1 Å². The van der Waals surface area contributed by atoms with Gasteiger partial charge in [0.25, 0.3) is 5.69 Å². The summed E-state index contributed by atoms with van der Waals surface area (Å²) in [6.45, 7) is 7.30. The largest absolute Gasteiger partial charge is 0.458 e. The molecular formula is C15H14N2O4S2. The van der Waals surface area contributed by atoms with Gasteiger partial charge in [-0.05, 0) is 31.6 Å². The predicted octanol–water partition coefficient (Wildman–Crippen LogP) is 4.24. The maximum atomic E-state index is 11.9. The van der Waals surface area contributed by atoms with Crippen molar-refractivity contribution in [1.82, 2.24) is 4.98 Å². The Kier molecular flexibility index (Phi) is 5.51. The number of carbonyl (C=O) groups excluding carboxylic acids is 1. The first kappa shape index (κ1) is 17.2. The number of carbonyl (C=O) groups is 1. The number of rotatable bonds is 6. The summed E-state index contributed by atoms with van der Waals surface area (Å²) in [5, 5.41) is 13.1. The van der Waals surface area contributed by atoms with E-state index in [1.807, 2.05) is 12.3 Å². The Bertz CT molecular complexity index is 771. The minimum Gasteiger partial charge on any atom is -0.458 e. The topological polar surface area (TPSA) is 82.3 Å². The van der Waals surface area contributed by atoms with Crippen LogP contribution in [0.15, 0.2) is 45.0 Å². The number of thiazole rings is 1. The molecule has 1 heterocycles. The third kappa shape index (κ3) is 4.64. The van der Waals surface area contributed by atoms with Crippen LogP contribution in [0.2, 0.25) is 0 Å². The highest BCUT2D eigenvalue weighted by molar-refractivity contribution is 8.01. The van der Waals surface area contributed by atoms with Gasteiger partial charge in [-0.2, -0.15) is 0 Å². The Morgan fingerprint density at radius 2 is 2.26 bits per heavy atom. The first-order chi connectivity index (χ1) is 10.9. The van der Waals surface area contributed by atoms with Crippen LogP contribution >= 0.6 is 23.1 Å². The molecule has 8 heteroatoms. The van der Waals surface area contributed by atoms with Crippen molar-refractivity contribution in [3.63, 3.8) is 0 Å². The second kappa shape index (κ2) is 7.38. The molecule has 1 aromatic carbocycles. The average molecular weight is 350 g/mol. The third-order valence-corrected chi connectivity index (χ3v) is 4.76. The van der Waals surface area contributed by atoms with Gasteiger partial charge in [-0.1, -0.05) is 18.3 Å². The van der Waals surface area contributed by atoms with E-state index in [1.165, 1.54) is 41.3 Å². The Hall–Kier alpha value is -2.19. The minimum atomic E-state index is -0.613. The van der Waals surface area contributed by atoms with E-state index >= 15 is 0 Å². The zero-order chi connectivity index (χ0) is 17.0. The molecule has 0 aliphatic heterocycles. The number of benzene rings is 1. The molecule has 0 atom stereocenters. The summed E-state index contributed by atoms with van der Waals surface area (Å²) >= 11 is 2.62. The molecule has 23 heavy (non-hydrogen) atoms. The summed E-state index contributed by atoms with van der Waals surface area (Å²) in [7, 11) is 0. The summed E-state index contributed by atoms with van der Waals surface area (Å²) in [5.41, 5.74) is 1.55. The molecule has 0 bridgehead atoms. The SMILES string of the molecule is C=C(C)COC(=O)c1ccc(Sc2nc(C)cs2)c([N+](=O)[O-])c1. The number of aromatic nitrogens is 1. The van der Waals surface area contributed by atoms with Crippen LogP contribution in [-0.2, 0) is 4.74 Å². The van der Waals surface area contributed by atoms with Crippen molar-refractivity contribution in [2.45, 2.75) is 23.1 Å². The van der Waals surface area contributed by atoms with Gasteiger partial charge >= 0.3 is 5.97 Å². The first-order valence-corrected chi connectivity index (χ1v) is 8.26. The number of nitrogens with zero attached hydrogens (tertiary/aromatic N) is 2. The van der Waals surface area contributed by atoms with Gasteiger partial charge in [0.2, 0.25) is 0 Å². The summed E-state index contributed by atoms with van der Waals surface area (Å²) in [6, 6.07) is 4.27. The quantitative estimate of drug-likeness (QED) is 0.335. The molecule has 0 aliphatic carbocycles. The standard InChI is InChI=1S/C15H14N2O4S2/c1-9(2)7-21-14(18)11-4-5-13(12(6-11)17(19)20)23-15-16-10(3)8-22-15/h4-6,8H,1,7H2,2-3H3. The Morgan fingerprint density at radius 3 is 2.83 bits per heavy atom. The van der Waals surface area contributed by atoms with Crippen molar-refractivity contribution in [1.29, 1.82) is 0 Å². The maximum absolute atomic E-state index is 11.9. The van der Waals surface area contributed by atoms with Crippen LogP contribution in [0.3, 0.4) is 0 Å². The molecule has 120 valence electrons. The fourth-order valence-corrected chi connectivity index (χ4v) is 3.50. The molecule has 6 nitrogen and oxygen atoms in total. The number of esters is 1. The van der Waals surface area contributed by atoms with Gasteiger partial charge in [-0.3, -0.25) is 10.1 Å². The summed E-state index contributed by atoms with van der Waals surface area (Å²) in [5.74, 6) is -0.613. The molecule has 0 N–H and O–H groups in total. The predicted molar refractivity (Wildman–Crippen MR) is 89.2 cm³/mol. The van der Waals surface area contributed by atoms with Crippen molar-refractivity contribution < 1.29 is 14.5 Å². The van der Waals surface area contributed by atoms with E-state index < -0.39 is 10.9 Å². The number of hydrogen-bond donors (Lipinski definition) is 0. The molecule has 2 rings (SSSR count). The van der Waals surface area contributed by atoms with Crippen molar-refractivity contribution >= 4 is 34.8 Å². The second-order valence-corrected chi connectivity index (χ2v) is 6.98. The van der Waals surface area contributed by atoms with E-state index in [4.69, 9.17) is 4.74 Å².